The number of fused-ring (bicyclic) bond motifs is 1. The zero-order valence-corrected chi connectivity index (χ0v) is 16.2. The van der Waals surface area contributed by atoms with E-state index in [1.165, 1.54) is 17.7 Å². The Morgan fingerprint density at radius 2 is 1.93 bits per heavy atom. The van der Waals surface area contributed by atoms with E-state index in [4.69, 9.17) is 16.3 Å². The van der Waals surface area contributed by atoms with Crippen molar-refractivity contribution < 1.29 is 22.7 Å². The lowest BCUT2D eigenvalue weighted by molar-refractivity contribution is -0.137. The Balaban J connectivity index is 1.99. The molecule has 1 heterocycles. The van der Waals surface area contributed by atoms with Crippen LogP contribution in [0, 0.1) is 6.92 Å². The molecular formula is C20H16ClF3N2O3. The molecule has 0 radical (unpaired) electrons. The number of anilines is 1. The highest BCUT2D eigenvalue weighted by Gasteiger charge is 2.31. The predicted octanol–water partition coefficient (Wildman–Crippen LogP) is 4.63. The molecule has 0 aliphatic heterocycles. The Morgan fingerprint density at radius 3 is 2.59 bits per heavy atom. The van der Waals surface area contributed by atoms with Gasteiger partial charge in [-0.05, 0) is 36.8 Å². The van der Waals surface area contributed by atoms with Crippen molar-refractivity contribution in [2.75, 3.05) is 12.4 Å². The molecular weight excluding hydrogens is 409 g/mol. The Kier molecular flexibility index (Phi) is 5.57. The average Bonchev–Trinajstić information content (AvgIpc) is 2.65. The molecule has 3 rings (SSSR count). The third kappa shape index (κ3) is 4.22. The lowest BCUT2D eigenvalue weighted by Crippen LogP contribution is -2.28. The monoisotopic (exact) mass is 424 g/mol. The van der Waals surface area contributed by atoms with Gasteiger partial charge in [-0.3, -0.25) is 14.2 Å². The number of aromatic nitrogens is 1. The number of alkyl halides is 3. The molecule has 0 fully saturated rings. The number of amides is 1. The number of pyridine rings is 1. The topological polar surface area (TPSA) is 60.3 Å². The first-order valence-electron chi connectivity index (χ1n) is 8.45. The van der Waals surface area contributed by atoms with Gasteiger partial charge in [0.25, 0.3) is 5.56 Å². The normalized spacial score (nSPS) is 11.5. The molecule has 0 aliphatic rings. The number of nitrogens with zero attached hydrogens (tertiary/aromatic N) is 1. The van der Waals surface area contributed by atoms with Gasteiger partial charge < -0.3 is 10.1 Å². The molecule has 0 aliphatic carbocycles. The van der Waals surface area contributed by atoms with E-state index in [1.54, 1.807) is 25.1 Å². The number of benzene rings is 2. The van der Waals surface area contributed by atoms with Gasteiger partial charge in [-0.25, -0.2) is 0 Å². The molecule has 0 saturated carbocycles. The fourth-order valence-electron chi connectivity index (χ4n) is 3.02. The standard InChI is InChI=1S/C20H16ClF3N2O3/c1-11-8-18(28)26(19-13(11)4-3-5-16(19)29-2)10-17(27)25-15-9-12(20(22,23)24)6-7-14(15)21/h3-9H,10H2,1-2H3,(H,25,27). The van der Waals surface area contributed by atoms with Crippen molar-refractivity contribution in [1.82, 2.24) is 4.57 Å². The number of nitrogens with one attached hydrogen (secondary N) is 1. The summed E-state index contributed by atoms with van der Waals surface area (Å²) < 4.78 is 45.3. The summed E-state index contributed by atoms with van der Waals surface area (Å²) in [6, 6.07) is 9.19. The fraction of sp³-hybridized carbons (Fsp3) is 0.200. The van der Waals surface area contributed by atoms with Crippen LogP contribution in [0.15, 0.2) is 47.3 Å². The Bertz CT molecular complexity index is 1160. The summed E-state index contributed by atoms with van der Waals surface area (Å²) in [6.07, 6.45) is -4.58. The summed E-state index contributed by atoms with van der Waals surface area (Å²) in [5, 5.41) is 3.01. The van der Waals surface area contributed by atoms with Gasteiger partial charge in [-0.1, -0.05) is 23.7 Å². The second-order valence-corrected chi connectivity index (χ2v) is 6.76. The molecule has 9 heteroatoms. The first-order chi connectivity index (χ1) is 13.6. The molecule has 152 valence electrons. The molecule has 1 amide bonds. The predicted molar refractivity (Wildman–Crippen MR) is 105 cm³/mol. The smallest absolute Gasteiger partial charge is 0.416 e. The SMILES string of the molecule is COc1cccc2c(C)cc(=O)n(CC(=O)Nc3cc(C(F)(F)F)ccc3Cl)c12. The van der Waals surface area contributed by atoms with Crippen LogP contribution in [-0.4, -0.2) is 17.6 Å². The van der Waals surface area contributed by atoms with Crippen molar-refractivity contribution in [3.8, 4) is 5.75 Å². The lowest BCUT2D eigenvalue weighted by Gasteiger charge is -2.16. The van der Waals surface area contributed by atoms with E-state index in [1.807, 2.05) is 0 Å². The number of aryl methyl sites for hydroxylation is 1. The number of hydrogen-bond donors (Lipinski definition) is 1. The zero-order valence-electron chi connectivity index (χ0n) is 15.4. The minimum Gasteiger partial charge on any atom is -0.495 e. The van der Waals surface area contributed by atoms with Gasteiger partial charge >= 0.3 is 6.18 Å². The van der Waals surface area contributed by atoms with Crippen LogP contribution in [0.25, 0.3) is 10.9 Å². The summed E-state index contributed by atoms with van der Waals surface area (Å²) in [5.41, 5.74) is -0.448. The molecule has 29 heavy (non-hydrogen) atoms. The summed E-state index contributed by atoms with van der Waals surface area (Å²) in [7, 11) is 1.44. The van der Waals surface area contributed by atoms with Gasteiger partial charge in [0, 0.05) is 11.5 Å². The third-order valence-electron chi connectivity index (χ3n) is 4.39. The minimum absolute atomic E-state index is 0.0509. The molecule has 1 aromatic heterocycles. The van der Waals surface area contributed by atoms with E-state index in [9.17, 15) is 22.8 Å². The number of para-hydroxylation sites is 1. The van der Waals surface area contributed by atoms with Crippen LogP contribution in [-0.2, 0) is 17.5 Å². The van der Waals surface area contributed by atoms with Crippen LogP contribution < -0.4 is 15.6 Å². The van der Waals surface area contributed by atoms with Crippen molar-refractivity contribution in [3.63, 3.8) is 0 Å². The van der Waals surface area contributed by atoms with Crippen LogP contribution in [0.1, 0.15) is 11.1 Å². The summed E-state index contributed by atoms with van der Waals surface area (Å²) in [4.78, 5) is 25.0. The molecule has 3 aromatic rings. The van der Waals surface area contributed by atoms with E-state index in [0.717, 1.165) is 18.2 Å². The van der Waals surface area contributed by atoms with Crippen molar-refractivity contribution in [2.45, 2.75) is 19.6 Å². The largest absolute Gasteiger partial charge is 0.495 e. The average molecular weight is 425 g/mol. The van der Waals surface area contributed by atoms with Gasteiger partial charge in [0.1, 0.15) is 12.3 Å². The Hall–Kier alpha value is -3.00. The third-order valence-corrected chi connectivity index (χ3v) is 4.72. The Labute approximate surface area is 168 Å². The maximum Gasteiger partial charge on any atom is 0.416 e. The molecule has 0 saturated heterocycles. The van der Waals surface area contributed by atoms with Gasteiger partial charge in [-0.2, -0.15) is 13.2 Å². The zero-order chi connectivity index (χ0) is 21.3. The first kappa shape index (κ1) is 20.7. The molecule has 2 aromatic carbocycles. The maximum atomic E-state index is 12.9. The highest BCUT2D eigenvalue weighted by atomic mass is 35.5. The second-order valence-electron chi connectivity index (χ2n) is 6.35. The number of methoxy groups -OCH3 is 1. The van der Waals surface area contributed by atoms with Crippen molar-refractivity contribution >= 4 is 34.1 Å². The molecule has 0 atom stereocenters. The van der Waals surface area contributed by atoms with Crippen LogP contribution >= 0.6 is 11.6 Å². The molecule has 5 nitrogen and oxygen atoms in total. The van der Waals surface area contributed by atoms with Crippen LogP contribution in [0.4, 0.5) is 18.9 Å². The van der Waals surface area contributed by atoms with Crippen molar-refractivity contribution in [2.24, 2.45) is 0 Å². The van der Waals surface area contributed by atoms with E-state index < -0.39 is 29.8 Å². The number of carbonyl (C=O) groups is 1. The lowest BCUT2D eigenvalue weighted by atomic mass is 10.1. The fourth-order valence-corrected chi connectivity index (χ4v) is 3.19. The molecule has 0 unspecified atom stereocenters. The maximum absolute atomic E-state index is 12.9. The summed E-state index contributed by atoms with van der Waals surface area (Å²) in [5.74, 6) is -0.308. The Morgan fingerprint density at radius 1 is 1.21 bits per heavy atom. The van der Waals surface area contributed by atoms with E-state index >= 15 is 0 Å². The van der Waals surface area contributed by atoms with Gasteiger partial charge in [0.2, 0.25) is 5.91 Å². The van der Waals surface area contributed by atoms with Crippen LogP contribution in [0.3, 0.4) is 0 Å². The van der Waals surface area contributed by atoms with E-state index in [-0.39, 0.29) is 10.7 Å². The minimum atomic E-state index is -4.58. The van der Waals surface area contributed by atoms with Crippen LogP contribution in [0.5, 0.6) is 5.75 Å². The number of ether oxygens (including phenoxy) is 1. The summed E-state index contributed by atoms with van der Waals surface area (Å²) in [6.45, 7) is 1.33. The number of rotatable bonds is 4. The number of halogens is 4. The van der Waals surface area contributed by atoms with Crippen molar-refractivity contribution in [3.05, 3.63) is 69.0 Å². The van der Waals surface area contributed by atoms with E-state index in [0.29, 0.717) is 22.2 Å². The highest BCUT2D eigenvalue weighted by molar-refractivity contribution is 6.33. The van der Waals surface area contributed by atoms with Crippen LogP contribution in [0.2, 0.25) is 5.02 Å². The van der Waals surface area contributed by atoms with E-state index in [2.05, 4.69) is 5.32 Å². The second kappa shape index (κ2) is 7.79. The van der Waals surface area contributed by atoms with Gasteiger partial charge in [-0.15, -0.1) is 0 Å². The quantitative estimate of drug-likeness (QED) is 0.664. The summed E-state index contributed by atoms with van der Waals surface area (Å²) >= 11 is 5.92. The first-order valence-corrected chi connectivity index (χ1v) is 8.83. The van der Waals surface area contributed by atoms with Crippen molar-refractivity contribution in [1.29, 1.82) is 0 Å². The molecule has 0 spiro atoms. The highest BCUT2D eigenvalue weighted by Crippen LogP contribution is 2.34. The molecule has 0 bridgehead atoms. The number of hydrogen-bond acceptors (Lipinski definition) is 3. The van der Waals surface area contributed by atoms with Gasteiger partial charge in [0.15, 0.2) is 0 Å². The molecule has 1 N–H and O–H groups in total. The van der Waals surface area contributed by atoms with Gasteiger partial charge in [0.05, 0.1) is 28.9 Å². The number of carbonyl (C=O) groups excluding carboxylic acids is 1.